The summed E-state index contributed by atoms with van der Waals surface area (Å²) in [5.41, 5.74) is 3.45. The second kappa shape index (κ2) is 4.42. The Bertz CT molecular complexity index is 507. The van der Waals surface area contributed by atoms with Crippen LogP contribution in [0.3, 0.4) is 0 Å². The monoisotopic (exact) mass is 236 g/mol. The van der Waals surface area contributed by atoms with Gasteiger partial charge in [0.25, 0.3) is 5.91 Å². The van der Waals surface area contributed by atoms with Crippen LogP contribution >= 0.6 is 11.3 Å². The van der Waals surface area contributed by atoms with Crippen molar-refractivity contribution in [3.63, 3.8) is 0 Å². The number of nitrogen functional groups attached to an aromatic ring is 1. The minimum Gasteiger partial charge on any atom is -0.290 e. The second-order valence-electron chi connectivity index (χ2n) is 3.18. The van der Waals surface area contributed by atoms with Crippen LogP contribution in [0.2, 0.25) is 0 Å². The van der Waals surface area contributed by atoms with E-state index in [-0.39, 0.29) is 11.7 Å². The summed E-state index contributed by atoms with van der Waals surface area (Å²) in [5, 5.41) is 1.71. The van der Waals surface area contributed by atoms with Gasteiger partial charge in [0.05, 0.1) is 5.56 Å². The molecule has 16 heavy (non-hydrogen) atoms. The topological polar surface area (TPSA) is 55.1 Å². The first-order valence-electron chi connectivity index (χ1n) is 4.56. The summed E-state index contributed by atoms with van der Waals surface area (Å²) in [6.07, 6.45) is 0. The zero-order valence-electron chi connectivity index (χ0n) is 8.24. The Morgan fingerprint density at radius 1 is 1.31 bits per heavy atom. The molecule has 5 heteroatoms. The standard InChI is InChI=1S/C11H9FN2OS/c12-9-3-1-7(2-4-9)10-5-8(6-16-10)11(15)14-13/h1-6H,13H2,(H,14,15). The van der Waals surface area contributed by atoms with Gasteiger partial charge in [-0.3, -0.25) is 10.2 Å². The summed E-state index contributed by atoms with van der Waals surface area (Å²) in [4.78, 5) is 12.1. The van der Waals surface area contributed by atoms with Crippen LogP contribution in [0, 0.1) is 5.82 Å². The van der Waals surface area contributed by atoms with Crippen molar-refractivity contribution < 1.29 is 9.18 Å². The van der Waals surface area contributed by atoms with Gasteiger partial charge in [0.1, 0.15) is 5.82 Å². The number of hydrogen-bond acceptors (Lipinski definition) is 3. The van der Waals surface area contributed by atoms with Crippen molar-refractivity contribution in [1.29, 1.82) is 0 Å². The van der Waals surface area contributed by atoms with Crippen molar-refractivity contribution in [2.24, 2.45) is 5.84 Å². The zero-order chi connectivity index (χ0) is 11.5. The third kappa shape index (κ3) is 2.10. The van der Waals surface area contributed by atoms with Gasteiger partial charge < -0.3 is 0 Å². The number of amides is 1. The van der Waals surface area contributed by atoms with Crippen molar-refractivity contribution in [2.75, 3.05) is 0 Å². The van der Waals surface area contributed by atoms with Gasteiger partial charge >= 0.3 is 0 Å². The van der Waals surface area contributed by atoms with E-state index in [1.54, 1.807) is 23.6 Å². The van der Waals surface area contributed by atoms with Gasteiger partial charge in [-0.2, -0.15) is 0 Å². The Kier molecular flexibility index (Phi) is 2.98. The highest BCUT2D eigenvalue weighted by Crippen LogP contribution is 2.27. The highest BCUT2D eigenvalue weighted by Gasteiger charge is 2.08. The van der Waals surface area contributed by atoms with Crippen LogP contribution in [0.1, 0.15) is 10.4 Å². The highest BCUT2D eigenvalue weighted by atomic mass is 32.1. The number of thiophene rings is 1. The molecule has 0 unspecified atom stereocenters. The second-order valence-corrected chi connectivity index (χ2v) is 4.09. The summed E-state index contributed by atoms with van der Waals surface area (Å²) in [6.45, 7) is 0. The Labute approximate surface area is 95.7 Å². The first-order valence-corrected chi connectivity index (χ1v) is 5.44. The average molecular weight is 236 g/mol. The molecule has 0 aliphatic heterocycles. The molecule has 82 valence electrons. The van der Waals surface area contributed by atoms with E-state index in [4.69, 9.17) is 5.84 Å². The van der Waals surface area contributed by atoms with Crippen molar-refractivity contribution in [3.05, 3.63) is 47.1 Å². The van der Waals surface area contributed by atoms with Crippen LogP contribution in [-0.4, -0.2) is 5.91 Å². The Morgan fingerprint density at radius 2 is 2.00 bits per heavy atom. The molecule has 3 N–H and O–H groups in total. The number of hydrogen-bond donors (Lipinski definition) is 2. The van der Waals surface area contributed by atoms with E-state index in [1.807, 2.05) is 0 Å². The molecule has 0 bridgehead atoms. The number of nitrogens with one attached hydrogen (secondary N) is 1. The Hall–Kier alpha value is -1.72. The zero-order valence-corrected chi connectivity index (χ0v) is 9.05. The van der Waals surface area contributed by atoms with E-state index in [2.05, 4.69) is 5.43 Å². The van der Waals surface area contributed by atoms with Crippen LogP contribution in [0.4, 0.5) is 4.39 Å². The minimum atomic E-state index is -0.329. The molecular formula is C11H9FN2OS. The maximum Gasteiger partial charge on any atom is 0.266 e. The predicted octanol–water partition coefficient (Wildman–Crippen LogP) is 2.16. The molecule has 0 aliphatic carbocycles. The fourth-order valence-corrected chi connectivity index (χ4v) is 2.20. The lowest BCUT2D eigenvalue weighted by Crippen LogP contribution is -2.29. The molecule has 0 fully saturated rings. The molecule has 2 aromatic rings. The molecule has 0 saturated carbocycles. The average Bonchev–Trinajstić information content (AvgIpc) is 2.78. The molecule has 2 rings (SSSR count). The lowest BCUT2D eigenvalue weighted by atomic mass is 10.1. The van der Waals surface area contributed by atoms with E-state index >= 15 is 0 Å². The van der Waals surface area contributed by atoms with Gasteiger partial charge in [-0.15, -0.1) is 11.3 Å². The molecular weight excluding hydrogens is 227 g/mol. The van der Waals surface area contributed by atoms with Crippen molar-refractivity contribution in [1.82, 2.24) is 5.43 Å². The number of nitrogens with two attached hydrogens (primary N) is 1. The smallest absolute Gasteiger partial charge is 0.266 e. The normalized spacial score (nSPS) is 10.1. The van der Waals surface area contributed by atoms with E-state index in [0.717, 1.165) is 10.4 Å². The predicted molar refractivity (Wildman–Crippen MR) is 61.4 cm³/mol. The molecule has 0 spiro atoms. The van der Waals surface area contributed by atoms with E-state index in [1.165, 1.54) is 23.5 Å². The third-order valence-electron chi connectivity index (χ3n) is 2.12. The summed E-state index contributed by atoms with van der Waals surface area (Å²) < 4.78 is 12.7. The van der Waals surface area contributed by atoms with Crippen LogP contribution in [-0.2, 0) is 0 Å². The lowest BCUT2D eigenvalue weighted by Gasteiger charge is -1.96. The summed E-state index contributed by atoms with van der Waals surface area (Å²) in [7, 11) is 0. The fraction of sp³-hybridized carbons (Fsp3) is 0. The molecule has 0 atom stereocenters. The minimum absolute atomic E-state index is 0.278. The van der Waals surface area contributed by atoms with E-state index in [0.29, 0.717) is 5.56 Å². The molecule has 0 saturated heterocycles. The van der Waals surface area contributed by atoms with Gasteiger partial charge in [0.15, 0.2) is 0 Å². The fourth-order valence-electron chi connectivity index (χ4n) is 1.30. The number of rotatable bonds is 2. The molecule has 1 aromatic heterocycles. The number of carbonyl (C=O) groups excluding carboxylic acids is 1. The van der Waals surface area contributed by atoms with E-state index < -0.39 is 0 Å². The van der Waals surface area contributed by atoms with Gasteiger partial charge in [0, 0.05) is 10.3 Å². The van der Waals surface area contributed by atoms with Crippen LogP contribution < -0.4 is 11.3 Å². The number of benzene rings is 1. The first kappa shape index (κ1) is 10.8. The number of carbonyl (C=O) groups is 1. The van der Waals surface area contributed by atoms with Crippen molar-refractivity contribution in [3.8, 4) is 10.4 Å². The quantitative estimate of drug-likeness (QED) is 0.477. The Balaban J connectivity index is 2.31. The molecule has 1 heterocycles. The molecule has 1 aromatic carbocycles. The van der Waals surface area contributed by atoms with Gasteiger partial charge in [-0.1, -0.05) is 12.1 Å². The summed E-state index contributed by atoms with van der Waals surface area (Å²) >= 11 is 1.41. The molecule has 1 amide bonds. The molecule has 0 radical (unpaired) electrons. The Morgan fingerprint density at radius 3 is 2.62 bits per heavy atom. The lowest BCUT2D eigenvalue weighted by molar-refractivity contribution is 0.0954. The third-order valence-corrected chi connectivity index (χ3v) is 3.10. The molecule has 3 nitrogen and oxygen atoms in total. The summed E-state index contributed by atoms with van der Waals surface area (Å²) in [6, 6.07) is 7.84. The number of hydrazine groups is 1. The van der Waals surface area contributed by atoms with Crippen LogP contribution in [0.25, 0.3) is 10.4 Å². The summed E-state index contributed by atoms with van der Waals surface area (Å²) in [5.74, 6) is 4.42. The number of halogens is 1. The van der Waals surface area contributed by atoms with Crippen LogP contribution in [0.15, 0.2) is 35.7 Å². The van der Waals surface area contributed by atoms with Gasteiger partial charge in [-0.25, -0.2) is 10.2 Å². The first-order chi connectivity index (χ1) is 7.70. The largest absolute Gasteiger partial charge is 0.290 e. The van der Waals surface area contributed by atoms with E-state index in [9.17, 15) is 9.18 Å². The maximum atomic E-state index is 12.7. The van der Waals surface area contributed by atoms with Crippen molar-refractivity contribution in [2.45, 2.75) is 0 Å². The highest BCUT2D eigenvalue weighted by molar-refractivity contribution is 7.13. The van der Waals surface area contributed by atoms with Gasteiger partial charge in [0.2, 0.25) is 0 Å². The van der Waals surface area contributed by atoms with Crippen LogP contribution in [0.5, 0.6) is 0 Å². The maximum absolute atomic E-state index is 12.7. The van der Waals surface area contributed by atoms with Crippen molar-refractivity contribution >= 4 is 17.2 Å². The van der Waals surface area contributed by atoms with Gasteiger partial charge in [-0.05, 0) is 23.8 Å². The SMILES string of the molecule is NNC(=O)c1csc(-c2ccc(F)cc2)c1. The molecule has 0 aliphatic rings.